The lowest BCUT2D eigenvalue weighted by atomic mass is 10.1. The van der Waals surface area contributed by atoms with Gasteiger partial charge in [0.1, 0.15) is 5.82 Å². The highest BCUT2D eigenvalue weighted by atomic mass is 16.5. The molecule has 2 aromatic heterocycles. The Labute approximate surface area is 130 Å². The van der Waals surface area contributed by atoms with Crippen molar-refractivity contribution in [2.75, 3.05) is 30.4 Å². The number of nitrogens with one attached hydrogen (secondary N) is 1. The fraction of sp³-hybridized carbons (Fsp3) is 0.438. The average Bonchev–Trinajstić information content (AvgIpc) is 2.56. The van der Waals surface area contributed by atoms with Gasteiger partial charge in [-0.2, -0.15) is 4.98 Å². The molecule has 0 bridgehead atoms. The third-order valence-electron chi connectivity index (χ3n) is 3.84. The number of rotatable bonds is 4. The summed E-state index contributed by atoms with van der Waals surface area (Å²) in [5, 5.41) is 3.51. The molecule has 1 N–H and O–H groups in total. The Morgan fingerprint density at radius 2 is 2.00 bits per heavy atom. The van der Waals surface area contributed by atoms with E-state index < -0.39 is 0 Å². The fourth-order valence-electron chi connectivity index (χ4n) is 2.65. The minimum Gasteiger partial charge on any atom is -0.481 e. The number of nitrogens with zero attached hydrogens (tertiary/aromatic N) is 4. The Bertz CT molecular complexity index is 625. The van der Waals surface area contributed by atoms with E-state index in [9.17, 15) is 0 Å². The second-order valence-electron chi connectivity index (χ2n) is 5.47. The topological polar surface area (TPSA) is 63.2 Å². The van der Waals surface area contributed by atoms with Crippen molar-refractivity contribution >= 4 is 11.8 Å². The molecule has 6 heteroatoms. The lowest BCUT2D eigenvalue weighted by Gasteiger charge is -2.32. The molecule has 22 heavy (non-hydrogen) atoms. The number of aromatic nitrogens is 3. The zero-order valence-corrected chi connectivity index (χ0v) is 13.0. The highest BCUT2D eigenvalue weighted by Gasteiger charge is 2.21. The van der Waals surface area contributed by atoms with Gasteiger partial charge >= 0.3 is 0 Å². The van der Waals surface area contributed by atoms with Crippen molar-refractivity contribution < 1.29 is 4.74 Å². The Hall–Kier alpha value is -2.37. The maximum atomic E-state index is 5.16. The van der Waals surface area contributed by atoms with Crippen molar-refractivity contribution in [2.24, 2.45) is 0 Å². The van der Waals surface area contributed by atoms with Gasteiger partial charge in [-0.25, -0.2) is 9.97 Å². The van der Waals surface area contributed by atoms with Crippen LogP contribution in [0.15, 0.2) is 30.5 Å². The molecule has 3 rings (SSSR count). The number of aryl methyl sites for hydroxylation is 1. The van der Waals surface area contributed by atoms with E-state index in [2.05, 4.69) is 25.2 Å². The summed E-state index contributed by atoms with van der Waals surface area (Å²) in [6, 6.07) is 8.26. The standard InChI is InChI=1S/C16H21N5O/c1-12-4-3-5-14(18-12)19-13-7-10-21(11-8-13)16-17-9-6-15(20-16)22-2/h3-6,9,13H,7-8,10-11H2,1-2H3,(H,18,19). The van der Waals surface area contributed by atoms with Gasteiger partial charge in [0.15, 0.2) is 0 Å². The second-order valence-corrected chi connectivity index (χ2v) is 5.47. The Morgan fingerprint density at radius 1 is 1.18 bits per heavy atom. The smallest absolute Gasteiger partial charge is 0.228 e. The average molecular weight is 299 g/mol. The van der Waals surface area contributed by atoms with Crippen molar-refractivity contribution in [1.29, 1.82) is 0 Å². The van der Waals surface area contributed by atoms with Gasteiger partial charge in [-0.05, 0) is 31.9 Å². The highest BCUT2D eigenvalue weighted by Crippen LogP contribution is 2.20. The van der Waals surface area contributed by atoms with Crippen LogP contribution in [-0.2, 0) is 0 Å². The van der Waals surface area contributed by atoms with Gasteiger partial charge in [0.25, 0.3) is 0 Å². The molecular weight excluding hydrogens is 278 g/mol. The third kappa shape index (κ3) is 3.44. The van der Waals surface area contributed by atoms with Crippen LogP contribution in [0.1, 0.15) is 18.5 Å². The molecule has 1 saturated heterocycles. The molecule has 6 nitrogen and oxygen atoms in total. The minimum absolute atomic E-state index is 0.441. The molecule has 3 heterocycles. The summed E-state index contributed by atoms with van der Waals surface area (Å²) >= 11 is 0. The van der Waals surface area contributed by atoms with Crippen LogP contribution in [0.25, 0.3) is 0 Å². The summed E-state index contributed by atoms with van der Waals surface area (Å²) in [6.45, 7) is 3.86. The number of methoxy groups -OCH3 is 1. The lowest BCUT2D eigenvalue weighted by Crippen LogP contribution is -2.40. The molecule has 1 aliphatic heterocycles. The number of ether oxygens (including phenoxy) is 1. The van der Waals surface area contributed by atoms with Gasteiger partial charge in [-0.3, -0.25) is 0 Å². The van der Waals surface area contributed by atoms with Gasteiger partial charge in [-0.15, -0.1) is 0 Å². The van der Waals surface area contributed by atoms with Crippen molar-refractivity contribution in [3.63, 3.8) is 0 Å². The van der Waals surface area contributed by atoms with Crippen LogP contribution in [0.4, 0.5) is 11.8 Å². The number of pyridine rings is 1. The van der Waals surface area contributed by atoms with E-state index in [0.717, 1.165) is 43.4 Å². The molecule has 116 valence electrons. The molecule has 0 aromatic carbocycles. The van der Waals surface area contributed by atoms with Crippen LogP contribution < -0.4 is 15.0 Å². The monoisotopic (exact) mass is 299 g/mol. The van der Waals surface area contributed by atoms with E-state index in [1.54, 1.807) is 19.4 Å². The zero-order chi connectivity index (χ0) is 15.4. The molecule has 0 amide bonds. The van der Waals surface area contributed by atoms with Crippen LogP contribution in [0, 0.1) is 6.92 Å². The van der Waals surface area contributed by atoms with Gasteiger partial charge in [0.2, 0.25) is 11.8 Å². The SMILES string of the molecule is COc1ccnc(N2CCC(Nc3cccc(C)n3)CC2)n1. The first-order valence-electron chi connectivity index (χ1n) is 7.57. The van der Waals surface area contributed by atoms with E-state index in [4.69, 9.17) is 4.74 Å². The molecule has 0 atom stereocenters. The van der Waals surface area contributed by atoms with Crippen LogP contribution in [0.3, 0.4) is 0 Å². The first-order valence-corrected chi connectivity index (χ1v) is 7.57. The predicted molar refractivity (Wildman–Crippen MR) is 86.4 cm³/mol. The Morgan fingerprint density at radius 3 is 2.73 bits per heavy atom. The molecule has 0 saturated carbocycles. The van der Waals surface area contributed by atoms with E-state index in [1.807, 2.05) is 25.1 Å². The summed E-state index contributed by atoms with van der Waals surface area (Å²) in [4.78, 5) is 15.4. The molecule has 0 spiro atoms. The number of hydrogen-bond donors (Lipinski definition) is 1. The van der Waals surface area contributed by atoms with Crippen molar-refractivity contribution in [1.82, 2.24) is 15.0 Å². The zero-order valence-electron chi connectivity index (χ0n) is 13.0. The van der Waals surface area contributed by atoms with Crippen LogP contribution >= 0.6 is 0 Å². The Kier molecular flexibility index (Phi) is 4.37. The Balaban J connectivity index is 1.58. The fourth-order valence-corrected chi connectivity index (χ4v) is 2.65. The summed E-state index contributed by atoms with van der Waals surface area (Å²) < 4.78 is 5.16. The second kappa shape index (κ2) is 6.60. The van der Waals surface area contributed by atoms with Gasteiger partial charge in [-0.1, -0.05) is 6.07 Å². The van der Waals surface area contributed by atoms with Crippen LogP contribution in [0.2, 0.25) is 0 Å². The maximum Gasteiger partial charge on any atom is 0.228 e. The molecule has 2 aromatic rings. The highest BCUT2D eigenvalue weighted by molar-refractivity contribution is 5.38. The minimum atomic E-state index is 0.441. The molecule has 0 unspecified atom stereocenters. The number of hydrogen-bond acceptors (Lipinski definition) is 6. The van der Waals surface area contributed by atoms with E-state index in [0.29, 0.717) is 11.9 Å². The molecule has 0 aliphatic carbocycles. The lowest BCUT2D eigenvalue weighted by molar-refractivity contribution is 0.395. The quantitative estimate of drug-likeness (QED) is 0.934. The third-order valence-corrected chi connectivity index (χ3v) is 3.84. The first kappa shape index (κ1) is 14.6. The molecule has 0 radical (unpaired) electrons. The van der Waals surface area contributed by atoms with E-state index >= 15 is 0 Å². The summed E-state index contributed by atoms with van der Waals surface area (Å²) in [5.74, 6) is 2.30. The van der Waals surface area contributed by atoms with Gasteiger partial charge < -0.3 is 15.0 Å². The summed E-state index contributed by atoms with van der Waals surface area (Å²) in [5.41, 5.74) is 1.03. The normalized spacial score (nSPS) is 15.6. The molecular formula is C16H21N5O. The predicted octanol–water partition coefficient (Wildman–Crippen LogP) is 2.27. The van der Waals surface area contributed by atoms with Gasteiger partial charge in [0, 0.05) is 37.1 Å². The first-order chi connectivity index (χ1) is 10.7. The van der Waals surface area contributed by atoms with Crippen LogP contribution in [0.5, 0.6) is 5.88 Å². The van der Waals surface area contributed by atoms with Gasteiger partial charge in [0.05, 0.1) is 7.11 Å². The van der Waals surface area contributed by atoms with E-state index in [1.165, 1.54) is 0 Å². The van der Waals surface area contributed by atoms with Crippen molar-refractivity contribution in [3.8, 4) is 5.88 Å². The summed E-state index contributed by atoms with van der Waals surface area (Å²) in [7, 11) is 1.62. The maximum absolute atomic E-state index is 5.16. The largest absolute Gasteiger partial charge is 0.481 e. The van der Waals surface area contributed by atoms with Crippen molar-refractivity contribution in [3.05, 3.63) is 36.2 Å². The number of anilines is 2. The molecule has 1 aliphatic rings. The van der Waals surface area contributed by atoms with Crippen LogP contribution in [-0.4, -0.2) is 41.2 Å². The van der Waals surface area contributed by atoms with E-state index in [-0.39, 0.29) is 0 Å². The summed E-state index contributed by atoms with van der Waals surface area (Å²) in [6.07, 6.45) is 3.81. The number of piperidine rings is 1. The molecule has 1 fully saturated rings. The van der Waals surface area contributed by atoms with Crippen molar-refractivity contribution in [2.45, 2.75) is 25.8 Å².